The van der Waals surface area contributed by atoms with E-state index in [9.17, 15) is 9.59 Å². The van der Waals surface area contributed by atoms with Crippen LogP contribution in [0.15, 0.2) is 54.6 Å². The highest BCUT2D eigenvalue weighted by Crippen LogP contribution is 2.22. The maximum absolute atomic E-state index is 12.8. The highest BCUT2D eigenvalue weighted by atomic mass is 32.1. The van der Waals surface area contributed by atoms with E-state index in [0.29, 0.717) is 30.3 Å². The lowest BCUT2D eigenvalue weighted by molar-refractivity contribution is -0.130. The molecule has 1 atom stereocenters. The van der Waals surface area contributed by atoms with Crippen molar-refractivity contribution in [3.63, 3.8) is 0 Å². The van der Waals surface area contributed by atoms with E-state index in [2.05, 4.69) is 5.32 Å². The number of hydrogen-bond acceptors (Lipinski definition) is 4. The zero-order valence-corrected chi connectivity index (χ0v) is 17.4. The third-order valence-corrected chi connectivity index (χ3v) is 5.41. The van der Waals surface area contributed by atoms with Crippen LogP contribution in [0, 0.1) is 0 Å². The first-order chi connectivity index (χ1) is 14.0. The number of nitrogens with one attached hydrogen (secondary N) is 1. The molecular weight excluding hydrogens is 386 g/mol. The van der Waals surface area contributed by atoms with Crippen LogP contribution in [0.2, 0.25) is 0 Å². The molecule has 2 aromatic rings. The van der Waals surface area contributed by atoms with Crippen molar-refractivity contribution in [2.24, 2.45) is 0 Å². The molecule has 0 saturated carbocycles. The number of amides is 2. The van der Waals surface area contributed by atoms with E-state index >= 15 is 0 Å². The van der Waals surface area contributed by atoms with Gasteiger partial charge in [0.2, 0.25) is 5.91 Å². The Hall–Kier alpha value is -2.93. The number of carbonyl (C=O) groups is 2. The topological polar surface area (TPSA) is 61.9 Å². The summed E-state index contributed by atoms with van der Waals surface area (Å²) in [6.45, 7) is 2.95. The molecule has 0 bridgehead atoms. The van der Waals surface area contributed by atoms with E-state index in [1.807, 2.05) is 66.4 Å². The number of benzene rings is 2. The van der Waals surface area contributed by atoms with Crippen molar-refractivity contribution in [2.45, 2.75) is 25.8 Å². The summed E-state index contributed by atoms with van der Waals surface area (Å²) in [6.07, 6.45) is 0.777. The molecule has 1 heterocycles. The second kappa shape index (κ2) is 9.52. The van der Waals surface area contributed by atoms with Crippen molar-refractivity contribution < 1.29 is 14.3 Å². The fourth-order valence-electron chi connectivity index (χ4n) is 3.39. The number of methoxy groups -OCH3 is 1. The third kappa shape index (κ3) is 4.92. The number of anilines is 1. The average Bonchev–Trinajstić information content (AvgIpc) is 2.96. The van der Waals surface area contributed by atoms with Gasteiger partial charge in [-0.1, -0.05) is 30.3 Å². The van der Waals surface area contributed by atoms with Gasteiger partial charge in [0.15, 0.2) is 5.11 Å². The smallest absolute Gasteiger partial charge is 0.252 e. The minimum atomic E-state index is -0.579. The molecule has 0 radical (unpaired) electrons. The number of ether oxygens (including phenoxy) is 1. The SMILES string of the molecule is CCN1C(=O)C(CC(=O)Nc2ccccc2)N(CCc2ccc(OC)cc2)C1=S. The molecule has 2 aromatic carbocycles. The molecule has 29 heavy (non-hydrogen) atoms. The van der Waals surface area contributed by atoms with Crippen LogP contribution in [0.1, 0.15) is 18.9 Å². The minimum Gasteiger partial charge on any atom is -0.497 e. The second-order valence-corrected chi connectivity index (χ2v) is 7.16. The maximum atomic E-state index is 12.8. The van der Waals surface area contributed by atoms with Crippen LogP contribution in [0.25, 0.3) is 0 Å². The van der Waals surface area contributed by atoms with E-state index < -0.39 is 6.04 Å². The summed E-state index contributed by atoms with van der Waals surface area (Å²) in [6, 6.07) is 16.5. The molecule has 0 aliphatic carbocycles. The number of para-hydroxylation sites is 1. The molecule has 0 aromatic heterocycles. The van der Waals surface area contributed by atoms with Crippen molar-refractivity contribution in [1.82, 2.24) is 9.80 Å². The van der Waals surface area contributed by atoms with Crippen molar-refractivity contribution in [2.75, 3.05) is 25.5 Å². The molecule has 1 saturated heterocycles. The van der Waals surface area contributed by atoms with Gasteiger partial charge in [0, 0.05) is 18.8 Å². The summed E-state index contributed by atoms with van der Waals surface area (Å²) in [5.41, 5.74) is 1.83. The van der Waals surface area contributed by atoms with Crippen molar-refractivity contribution >= 4 is 34.8 Å². The number of hydrogen-bond donors (Lipinski definition) is 1. The number of rotatable bonds is 8. The van der Waals surface area contributed by atoms with Crippen LogP contribution < -0.4 is 10.1 Å². The fraction of sp³-hybridized carbons (Fsp3) is 0.318. The van der Waals surface area contributed by atoms with Crippen LogP contribution >= 0.6 is 12.2 Å². The van der Waals surface area contributed by atoms with E-state index in [1.54, 1.807) is 12.0 Å². The molecule has 1 aliphatic heterocycles. The quantitative estimate of drug-likeness (QED) is 0.677. The summed E-state index contributed by atoms with van der Waals surface area (Å²) in [7, 11) is 1.63. The number of thiocarbonyl (C=S) groups is 1. The highest BCUT2D eigenvalue weighted by Gasteiger charge is 2.42. The molecule has 1 aliphatic rings. The van der Waals surface area contributed by atoms with Gasteiger partial charge in [-0.2, -0.15) is 0 Å². The lowest BCUT2D eigenvalue weighted by Crippen LogP contribution is -2.39. The summed E-state index contributed by atoms with van der Waals surface area (Å²) < 4.78 is 5.19. The summed E-state index contributed by atoms with van der Waals surface area (Å²) in [4.78, 5) is 28.8. The van der Waals surface area contributed by atoms with Gasteiger partial charge in [0.1, 0.15) is 11.8 Å². The first kappa shape index (κ1) is 20.8. The Balaban J connectivity index is 1.68. The van der Waals surface area contributed by atoms with E-state index in [1.165, 1.54) is 0 Å². The van der Waals surface area contributed by atoms with Gasteiger partial charge in [0.05, 0.1) is 13.5 Å². The number of nitrogens with zero attached hydrogens (tertiary/aromatic N) is 2. The minimum absolute atomic E-state index is 0.0625. The van der Waals surface area contributed by atoms with Crippen LogP contribution in [-0.2, 0) is 16.0 Å². The Kier molecular flexibility index (Phi) is 6.82. The molecule has 152 valence electrons. The van der Waals surface area contributed by atoms with Gasteiger partial charge in [-0.05, 0) is 55.4 Å². The van der Waals surface area contributed by atoms with Crippen LogP contribution in [0.4, 0.5) is 5.69 Å². The van der Waals surface area contributed by atoms with Gasteiger partial charge in [-0.15, -0.1) is 0 Å². The van der Waals surface area contributed by atoms with Crippen LogP contribution in [-0.4, -0.2) is 53.0 Å². The molecule has 2 amide bonds. The first-order valence-electron chi connectivity index (χ1n) is 9.63. The van der Waals surface area contributed by atoms with Gasteiger partial charge < -0.3 is 15.0 Å². The standard InChI is InChI=1S/C22H25N3O3S/c1-3-24-21(27)19(15-20(26)23-17-7-5-4-6-8-17)25(22(24)29)14-13-16-9-11-18(28-2)12-10-16/h4-12,19H,3,13-15H2,1-2H3,(H,23,26). The molecular formula is C22H25N3O3S. The van der Waals surface area contributed by atoms with Crippen molar-refractivity contribution in [3.8, 4) is 5.75 Å². The third-order valence-electron chi connectivity index (χ3n) is 4.96. The fourth-order valence-corrected chi connectivity index (χ4v) is 3.82. The summed E-state index contributed by atoms with van der Waals surface area (Å²) >= 11 is 5.53. The lowest BCUT2D eigenvalue weighted by atomic mass is 10.1. The summed E-state index contributed by atoms with van der Waals surface area (Å²) in [5, 5.41) is 3.34. The Morgan fingerprint density at radius 2 is 1.83 bits per heavy atom. The Bertz CT molecular complexity index is 871. The van der Waals surface area contributed by atoms with E-state index in [4.69, 9.17) is 17.0 Å². The van der Waals surface area contributed by atoms with E-state index in [0.717, 1.165) is 11.3 Å². The van der Waals surface area contributed by atoms with Gasteiger partial charge >= 0.3 is 0 Å². The zero-order valence-electron chi connectivity index (χ0n) is 16.6. The second-order valence-electron chi connectivity index (χ2n) is 6.79. The van der Waals surface area contributed by atoms with Crippen LogP contribution in [0.5, 0.6) is 5.75 Å². The van der Waals surface area contributed by atoms with Gasteiger partial charge in [-0.25, -0.2) is 0 Å². The molecule has 1 unspecified atom stereocenters. The van der Waals surface area contributed by atoms with Crippen LogP contribution in [0.3, 0.4) is 0 Å². The number of likely N-dealkylation sites (N-methyl/N-ethyl adjacent to an activating group) is 1. The molecule has 0 spiro atoms. The predicted molar refractivity (Wildman–Crippen MR) is 117 cm³/mol. The largest absolute Gasteiger partial charge is 0.497 e. The van der Waals surface area contributed by atoms with Crippen molar-refractivity contribution in [3.05, 3.63) is 60.2 Å². The first-order valence-corrected chi connectivity index (χ1v) is 10.0. The highest BCUT2D eigenvalue weighted by molar-refractivity contribution is 7.80. The lowest BCUT2D eigenvalue weighted by Gasteiger charge is -2.23. The normalized spacial score (nSPS) is 16.3. The summed E-state index contributed by atoms with van der Waals surface area (Å²) in [5.74, 6) is 0.480. The average molecular weight is 412 g/mol. The Labute approximate surface area is 176 Å². The number of carbonyl (C=O) groups excluding carboxylic acids is 2. The predicted octanol–water partition coefficient (Wildman–Crippen LogP) is 3.08. The van der Waals surface area contributed by atoms with Gasteiger partial charge in [0.25, 0.3) is 5.91 Å². The Morgan fingerprint density at radius 3 is 2.45 bits per heavy atom. The Morgan fingerprint density at radius 1 is 1.14 bits per heavy atom. The van der Waals surface area contributed by atoms with Gasteiger partial charge in [-0.3, -0.25) is 14.5 Å². The monoisotopic (exact) mass is 411 g/mol. The maximum Gasteiger partial charge on any atom is 0.252 e. The molecule has 7 heteroatoms. The van der Waals surface area contributed by atoms with E-state index in [-0.39, 0.29) is 18.2 Å². The molecule has 1 N–H and O–H groups in total. The van der Waals surface area contributed by atoms with Crippen molar-refractivity contribution in [1.29, 1.82) is 0 Å². The molecule has 6 nitrogen and oxygen atoms in total. The molecule has 1 fully saturated rings. The molecule has 3 rings (SSSR count). The zero-order chi connectivity index (χ0) is 20.8.